The van der Waals surface area contributed by atoms with Crippen molar-refractivity contribution in [2.45, 2.75) is 13.5 Å². The Bertz CT molecular complexity index is 970. The van der Waals surface area contributed by atoms with Gasteiger partial charge in [0.25, 0.3) is 0 Å². The number of rotatable bonds is 8. The number of methoxy groups -OCH3 is 1. The number of anilines is 2. The zero-order chi connectivity index (χ0) is 20.1. The number of hydrogen-bond acceptors (Lipinski definition) is 6. The highest BCUT2D eigenvalue weighted by Crippen LogP contribution is 2.34. The molecule has 0 aliphatic rings. The lowest BCUT2D eigenvalue weighted by Crippen LogP contribution is -2.10. The van der Waals surface area contributed by atoms with Crippen LogP contribution >= 0.6 is 0 Å². The maximum atomic E-state index is 13.5. The number of fused-ring (bicyclic) bond motifs is 1. The summed E-state index contributed by atoms with van der Waals surface area (Å²) in [5, 5.41) is 3.74. The summed E-state index contributed by atoms with van der Waals surface area (Å²) >= 11 is 0. The van der Waals surface area contributed by atoms with Gasteiger partial charge in [-0.15, -0.1) is 0 Å². The van der Waals surface area contributed by atoms with Crippen LogP contribution in [0, 0.1) is 12.7 Å². The van der Waals surface area contributed by atoms with Gasteiger partial charge >= 0.3 is 6.61 Å². The summed E-state index contributed by atoms with van der Waals surface area (Å²) in [4.78, 5) is 8.45. The number of ether oxygens (including phenoxy) is 3. The largest absolute Gasteiger partial charge is 0.493 e. The third-order valence-corrected chi connectivity index (χ3v) is 3.93. The van der Waals surface area contributed by atoms with Gasteiger partial charge in [-0.05, 0) is 36.8 Å². The fraction of sp³-hybridized carbons (Fsp3) is 0.263. The summed E-state index contributed by atoms with van der Waals surface area (Å²) in [5.74, 6) is 0.907. The second kappa shape index (κ2) is 8.75. The van der Waals surface area contributed by atoms with E-state index < -0.39 is 6.61 Å². The van der Waals surface area contributed by atoms with Gasteiger partial charge in [0.05, 0.1) is 19.2 Å². The van der Waals surface area contributed by atoms with Crippen LogP contribution in [0.4, 0.5) is 24.7 Å². The fourth-order valence-corrected chi connectivity index (χ4v) is 2.58. The van der Waals surface area contributed by atoms with E-state index in [0.717, 1.165) is 0 Å². The first-order chi connectivity index (χ1) is 13.5. The van der Waals surface area contributed by atoms with Gasteiger partial charge in [0, 0.05) is 17.1 Å². The minimum Gasteiger partial charge on any atom is -0.493 e. The Morgan fingerprint density at radius 1 is 1.07 bits per heavy atom. The normalized spacial score (nSPS) is 11.1. The molecule has 3 aromatic rings. The predicted octanol–water partition coefficient (Wildman–Crippen LogP) is 4.45. The van der Waals surface area contributed by atoms with Crippen LogP contribution in [-0.4, -0.2) is 36.9 Å². The molecule has 3 rings (SSSR count). The third-order valence-electron chi connectivity index (χ3n) is 3.93. The van der Waals surface area contributed by atoms with Crippen LogP contribution in [0.15, 0.2) is 36.7 Å². The molecular formula is C19H18F3N3O3. The number of aryl methyl sites for hydroxylation is 1. The minimum absolute atomic E-state index is 0.0835. The summed E-state index contributed by atoms with van der Waals surface area (Å²) < 4.78 is 52.6. The molecule has 0 radical (unpaired) electrons. The van der Waals surface area contributed by atoms with Gasteiger partial charge in [-0.3, -0.25) is 0 Å². The van der Waals surface area contributed by atoms with E-state index in [0.29, 0.717) is 39.5 Å². The van der Waals surface area contributed by atoms with Crippen molar-refractivity contribution in [2.75, 3.05) is 25.6 Å². The number of nitrogens with one attached hydrogen (secondary N) is 1. The second-order valence-electron chi connectivity index (χ2n) is 5.81. The van der Waals surface area contributed by atoms with Crippen LogP contribution in [0.2, 0.25) is 0 Å². The Morgan fingerprint density at radius 3 is 2.61 bits per heavy atom. The smallest absolute Gasteiger partial charge is 0.345 e. The molecule has 1 aromatic heterocycles. The van der Waals surface area contributed by atoms with Crippen molar-refractivity contribution in [3.63, 3.8) is 0 Å². The third kappa shape index (κ3) is 4.61. The van der Waals surface area contributed by atoms with Gasteiger partial charge < -0.3 is 19.5 Å². The summed E-state index contributed by atoms with van der Waals surface area (Å²) in [5.41, 5.74) is 1.74. The maximum Gasteiger partial charge on any atom is 0.345 e. The van der Waals surface area contributed by atoms with E-state index in [1.807, 2.05) is 0 Å². The van der Waals surface area contributed by atoms with Crippen molar-refractivity contribution in [2.24, 2.45) is 0 Å². The molecule has 9 heteroatoms. The average Bonchev–Trinajstić information content (AvgIpc) is 2.67. The van der Waals surface area contributed by atoms with Gasteiger partial charge in [0.1, 0.15) is 24.6 Å². The molecule has 0 fully saturated rings. The van der Waals surface area contributed by atoms with E-state index in [1.165, 1.54) is 19.5 Å². The Morgan fingerprint density at radius 2 is 1.89 bits per heavy atom. The zero-order valence-corrected chi connectivity index (χ0v) is 15.2. The number of aromatic nitrogens is 2. The Balaban J connectivity index is 1.90. The molecule has 0 atom stereocenters. The number of halogens is 3. The first-order valence-electron chi connectivity index (χ1n) is 8.36. The highest BCUT2D eigenvalue weighted by Gasteiger charge is 2.13. The number of hydrogen-bond donors (Lipinski definition) is 1. The van der Waals surface area contributed by atoms with Crippen LogP contribution in [0.1, 0.15) is 5.56 Å². The van der Waals surface area contributed by atoms with Crippen LogP contribution in [-0.2, 0) is 4.74 Å². The highest BCUT2D eigenvalue weighted by atomic mass is 19.3. The van der Waals surface area contributed by atoms with Crippen molar-refractivity contribution < 1.29 is 27.4 Å². The average molecular weight is 393 g/mol. The monoisotopic (exact) mass is 393 g/mol. The first-order valence-corrected chi connectivity index (χ1v) is 8.36. The molecule has 0 saturated heterocycles. The molecule has 0 bridgehead atoms. The molecule has 0 aliphatic heterocycles. The van der Waals surface area contributed by atoms with Gasteiger partial charge in [-0.2, -0.15) is 8.78 Å². The summed E-state index contributed by atoms with van der Waals surface area (Å²) in [7, 11) is 1.46. The Hall–Kier alpha value is -3.07. The Labute approximate surface area is 159 Å². The van der Waals surface area contributed by atoms with Gasteiger partial charge in [-0.25, -0.2) is 14.4 Å². The SMILES string of the molecule is COc1cc2ncnc(Nc3ccc(F)c(C)c3)c2cc1OCCOC(F)F. The standard InChI is InChI=1S/C19H18F3N3O3/c1-11-7-12(3-4-14(11)20)25-18-13-8-17(27-5-6-28-19(21)22)16(26-2)9-15(13)23-10-24-18/h3-4,7-10,19H,5-6H2,1-2H3,(H,23,24,25). The first kappa shape index (κ1) is 19.7. The quantitative estimate of drug-likeness (QED) is 0.571. The van der Waals surface area contributed by atoms with Gasteiger partial charge in [-0.1, -0.05) is 0 Å². The predicted molar refractivity (Wildman–Crippen MR) is 98.0 cm³/mol. The minimum atomic E-state index is -2.86. The molecule has 0 amide bonds. The summed E-state index contributed by atoms with van der Waals surface area (Å²) in [6.45, 7) is -1.55. The lowest BCUT2D eigenvalue weighted by atomic mass is 10.2. The molecule has 6 nitrogen and oxygen atoms in total. The van der Waals surface area contributed by atoms with Crippen LogP contribution in [0.3, 0.4) is 0 Å². The van der Waals surface area contributed by atoms with Crippen LogP contribution in [0.5, 0.6) is 11.5 Å². The molecule has 0 aliphatic carbocycles. The molecule has 28 heavy (non-hydrogen) atoms. The number of benzene rings is 2. The van der Waals surface area contributed by atoms with Crippen LogP contribution in [0.25, 0.3) is 10.9 Å². The number of alkyl halides is 2. The summed E-state index contributed by atoms with van der Waals surface area (Å²) in [6, 6.07) is 7.92. The van der Waals surface area contributed by atoms with E-state index in [1.54, 1.807) is 31.2 Å². The fourth-order valence-electron chi connectivity index (χ4n) is 2.58. The molecule has 148 valence electrons. The van der Waals surface area contributed by atoms with E-state index in [2.05, 4.69) is 20.0 Å². The maximum absolute atomic E-state index is 13.5. The second-order valence-corrected chi connectivity index (χ2v) is 5.81. The topological polar surface area (TPSA) is 65.5 Å². The molecule has 0 spiro atoms. The lowest BCUT2D eigenvalue weighted by molar-refractivity contribution is -0.133. The molecular weight excluding hydrogens is 375 g/mol. The molecule has 1 N–H and O–H groups in total. The van der Waals surface area contributed by atoms with Crippen molar-refractivity contribution in [3.05, 3.63) is 48.0 Å². The molecule has 0 unspecified atom stereocenters. The molecule has 1 heterocycles. The Kier molecular flexibility index (Phi) is 6.15. The molecule has 0 saturated carbocycles. The highest BCUT2D eigenvalue weighted by molar-refractivity contribution is 5.93. The number of nitrogens with zero attached hydrogens (tertiary/aromatic N) is 2. The summed E-state index contributed by atoms with van der Waals surface area (Å²) in [6.07, 6.45) is 1.39. The van der Waals surface area contributed by atoms with E-state index in [9.17, 15) is 13.2 Å². The van der Waals surface area contributed by atoms with Gasteiger partial charge in [0.2, 0.25) is 0 Å². The van der Waals surface area contributed by atoms with Crippen molar-refractivity contribution in [3.8, 4) is 11.5 Å². The van der Waals surface area contributed by atoms with E-state index >= 15 is 0 Å². The van der Waals surface area contributed by atoms with E-state index in [4.69, 9.17) is 9.47 Å². The van der Waals surface area contributed by atoms with Crippen molar-refractivity contribution in [1.29, 1.82) is 0 Å². The lowest BCUT2D eigenvalue weighted by Gasteiger charge is -2.14. The van der Waals surface area contributed by atoms with Crippen LogP contribution < -0.4 is 14.8 Å². The van der Waals surface area contributed by atoms with E-state index in [-0.39, 0.29) is 19.0 Å². The van der Waals surface area contributed by atoms with Crippen molar-refractivity contribution >= 4 is 22.4 Å². The molecule has 2 aromatic carbocycles. The van der Waals surface area contributed by atoms with Gasteiger partial charge in [0.15, 0.2) is 11.5 Å². The zero-order valence-electron chi connectivity index (χ0n) is 15.2. The van der Waals surface area contributed by atoms with Crippen molar-refractivity contribution in [1.82, 2.24) is 9.97 Å².